The van der Waals surface area contributed by atoms with E-state index >= 15 is 0 Å². The monoisotopic (exact) mass is 298 g/mol. The van der Waals surface area contributed by atoms with E-state index in [1.54, 1.807) is 12.5 Å². The molecule has 0 bridgehead atoms. The Morgan fingerprint density at radius 2 is 2.10 bits per heavy atom. The van der Waals surface area contributed by atoms with Crippen LogP contribution in [0.25, 0.3) is 11.4 Å². The molecule has 3 heterocycles. The van der Waals surface area contributed by atoms with Gasteiger partial charge in [0.1, 0.15) is 16.9 Å². The van der Waals surface area contributed by atoms with Gasteiger partial charge in [0.25, 0.3) is 0 Å². The normalized spacial score (nSPS) is 10.5. The Morgan fingerprint density at radius 3 is 2.81 bits per heavy atom. The predicted molar refractivity (Wildman–Crippen MR) is 74.3 cm³/mol. The maximum atomic E-state index is 9.04. The Morgan fingerprint density at radius 1 is 1.29 bits per heavy atom. The second-order valence-corrected chi connectivity index (χ2v) is 5.14. The van der Waals surface area contributed by atoms with Gasteiger partial charge in [-0.1, -0.05) is 0 Å². The maximum Gasteiger partial charge on any atom is 0.197 e. The molecule has 0 aromatic carbocycles. The molecule has 21 heavy (non-hydrogen) atoms. The lowest BCUT2D eigenvalue weighted by Crippen LogP contribution is -1.96. The molecule has 0 radical (unpaired) electrons. The molecule has 7 nitrogen and oxygen atoms in total. The number of rotatable bonds is 3. The summed E-state index contributed by atoms with van der Waals surface area (Å²) in [7, 11) is 1.85. The molecule has 0 aliphatic heterocycles. The zero-order valence-corrected chi connectivity index (χ0v) is 12.1. The highest BCUT2D eigenvalue weighted by Crippen LogP contribution is 2.29. The van der Waals surface area contributed by atoms with E-state index in [1.165, 1.54) is 18.0 Å². The first-order valence-corrected chi connectivity index (χ1v) is 6.85. The second-order valence-electron chi connectivity index (χ2n) is 4.18. The summed E-state index contributed by atoms with van der Waals surface area (Å²) in [6.07, 6.45) is 4.64. The van der Waals surface area contributed by atoms with Gasteiger partial charge in [0.2, 0.25) is 0 Å². The molecule has 0 aliphatic carbocycles. The van der Waals surface area contributed by atoms with Crippen LogP contribution in [0.15, 0.2) is 39.3 Å². The molecule has 0 saturated carbocycles. The van der Waals surface area contributed by atoms with Gasteiger partial charge in [-0.05, 0) is 24.8 Å². The van der Waals surface area contributed by atoms with Crippen LogP contribution in [0.2, 0.25) is 0 Å². The summed E-state index contributed by atoms with van der Waals surface area (Å²) in [5, 5.41) is 18.5. The van der Waals surface area contributed by atoms with Crippen LogP contribution in [0.4, 0.5) is 0 Å². The highest BCUT2D eigenvalue weighted by Gasteiger charge is 2.17. The van der Waals surface area contributed by atoms with Gasteiger partial charge in [0.05, 0.1) is 11.8 Å². The van der Waals surface area contributed by atoms with Gasteiger partial charge >= 0.3 is 0 Å². The van der Waals surface area contributed by atoms with Crippen LogP contribution in [0.5, 0.6) is 0 Å². The van der Waals surface area contributed by atoms with Crippen molar-refractivity contribution in [2.75, 3.05) is 0 Å². The van der Waals surface area contributed by atoms with Crippen molar-refractivity contribution in [1.29, 1.82) is 5.26 Å². The van der Waals surface area contributed by atoms with Crippen LogP contribution < -0.4 is 0 Å². The van der Waals surface area contributed by atoms with Gasteiger partial charge in [0.15, 0.2) is 16.7 Å². The molecule has 0 unspecified atom stereocenters. The van der Waals surface area contributed by atoms with Crippen LogP contribution in [0, 0.1) is 18.3 Å². The standard InChI is InChI=1S/C13H10N6OS/c1-8-9(3-6-20-8)11-17-18-13(19(11)2)21-12-10(7-14)15-4-5-16-12/h3-6H,1-2H3. The van der Waals surface area contributed by atoms with E-state index in [1.807, 2.05) is 30.7 Å². The smallest absolute Gasteiger partial charge is 0.197 e. The van der Waals surface area contributed by atoms with E-state index < -0.39 is 0 Å². The minimum Gasteiger partial charge on any atom is -0.469 e. The van der Waals surface area contributed by atoms with Crippen LogP contribution in [0.3, 0.4) is 0 Å². The molecule has 0 atom stereocenters. The fourth-order valence-corrected chi connectivity index (χ4v) is 2.60. The van der Waals surface area contributed by atoms with E-state index in [0.717, 1.165) is 11.3 Å². The molecule has 0 amide bonds. The first-order chi connectivity index (χ1) is 10.2. The minimum atomic E-state index is 0.270. The van der Waals surface area contributed by atoms with Crippen molar-refractivity contribution in [3.63, 3.8) is 0 Å². The first kappa shape index (κ1) is 13.3. The summed E-state index contributed by atoms with van der Waals surface area (Å²) in [6, 6.07) is 3.86. The molecule has 104 valence electrons. The fraction of sp³-hybridized carbons (Fsp3) is 0.154. The topological polar surface area (TPSA) is 93.4 Å². The molecular formula is C13H10N6OS. The van der Waals surface area contributed by atoms with Crippen LogP contribution in [-0.2, 0) is 7.05 Å². The third-order valence-corrected chi connectivity index (χ3v) is 3.92. The molecule has 0 fully saturated rings. The number of aromatic nitrogens is 5. The molecule has 3 aromatic rings. The van der Waals surface area contributed by atoms with E-state index in [-0.39, 0.29) is 5.69 Å². The Balaban J connectivity index is 1.97. The number of hydrogen-bond acceptors (Lipinski definition) is 7. The number of nitrogens with zero attached hydrogens (tertiary/aromatic N) is 6. The van der Waals surface area contributed by atoms with Crippen molar-refractivity contribution in [1.82, 2.24) is 24.7 Å². The van der Waals surface area contributed by atoms with Crippen molar-refractivity contribution in [3.05, 3.63) is 36.2 Å². The van der Waals surface area contributed by atoms with E-state index in [2.05, 4.69) is 20.2 Å². The van der Waals surface area contributed by atoms with Crippen LogP contribution >= 0.6 is 11.8 Å². The molecule has 0 aliphatic rings. The number of nitriles is 1. The zero-order valence-electron chi connectivity index (χ0n) is 11.3. The summed E-state index contributed by atoms with van der Waals surface area (Å²) in [4.78, 5) is 8.13. The second kappa shape index (κ2) is 5.38. The average Bonchev–Trinajstić information content (AvgIpc) is 3.06. The van der Waals surface area contributed by atoms with E-state index in [9.17, 15) is 0 Å². The van der Waals surface area contributed by atoms with Crippen molar-refractivity contribution in [2.24, 2.45) is 7.05 Å². The largest absolute Gasteiger partial charge is 0.469 e. The SMILES string of the molecule is Cc1occc1-c1nnc(Sc2nccnc2C#N)n1C. The molecule has 0 spiro atoms. The highest BCUT2D eigenvalue weighted by atomic mass is 32.2. The lowest BCUT2D eigenvalue weighted by Gasteiger charge is -2.03. The van der Waals surface area contributed by atoms with Crippen molar-refractivity contribution >= 4 is 11.8 Å². The molecule has 0 N–H and O–H groups in total. The first-order valence-electron chi connectivity index (χ1n) is 6.03. The van der Waals surface area contributed by atoms with Gasteiger partial charge in [-0.15, -0.1) is 10.2 Å². The maximum absolute atomic E-state index is 9.04. The van der Waals surface area contributed by atoms with Gasteiger partial charge < -0.3 is 8.98 Å². The zero-order chi connectivity index (χ0) is 14.8. The molecule has 3 aromatic heterocycles. The Kier molecular flexibility index (Phi) is 3.41. The van der Waals surface area contributed by atoms with E-state index in [0.29, 0.717) is 16.0 Å². The molecular weight excluding hydrogens is 288 g/mol. The van der Waals surface area contributed by atoms with Crippen molar-refractivity contribution < 1.29 is 4.42 Å². The fourth-order valence-electron chi connectivity index (χ4n) is 1.82. The summed E-state index contributed by atoms with van der Waals surface area (Å²) in [5.74, 6) is 1.48. The lowest BCUT2D eigenvalue weighted by molar-refractivity contribution is 0.534. The van der Waals surface area contributed by atoms with Gasteiger partial charge in [-0.3, -0.25) is 0 Å². The summed E-state index contributed by atoms with van der Waals surface area (Å²) >= 11 is 1.25. The highest BCUT2D eigenvalue weighted by molar-refractivity contribution is 7.99. The molecule has 3 rings (SSSR count). The summed E-state index contributed by atoms with van der Waals surface area (Å²) < 4.78 is 7.12. The van der Waals surface area contributed by atoms with E-state index in [4.69, 9.17) is 9.68 Å². The van der Waals surface area contributed by atoms with Crippen LogP contribution in [0.1, 0.15) is 11.5 Å². The van der Waals surface area contributed by atoms with Crippen molar-refractivity contribution in [3.8, 4) is 17.5 Å². The van der Waals surface area contributed by atoms with Gasteiger partial charge in [0, 0.05) is 19.4 Å². The number of hydrogen-bond donors (Lipinski definition) is 0. The Bertz CT molecular complexity index is 831. The predicted octanol–water partition coefficient (Wildman–Crippen LogP) is 2.20. The summed E-state index contributed by atoms with van der Waals surface area (Å²) in [6.45, 7) is 1.87. The molecule has 0 saturated heterocycles. The average molecular weight is 298 g/mol. The number of furan rings is 1. The minimum absolute atomic E-state index is 0.270. The van der Waals surface area contributed by atoms with Gasteiger partial charge in [-0.25, -0.2) is 9.97 Å². The Hall–Kier alpha value is -2.66. The molecule has 8 heteroatoms. The lowest BCUT2D eigenvalue weighted by atomic mass is 10.2. The third-order valence-electron chi connectivity index (χ3n) is 2.89. The quantitative estimate of drug-likeness (QED) is 0.731. The van der Waals surface area contributed by atoms with Crippen molar-refractivity contribution in [2.45, 2.75) is 17.1 Å². The third kappa shape index (κ3) is 2.39. The summed E-state index contributed by atoms with van der Waals surface area (Å²) in [5.41, 5.74) is 1.16. The van der Waals surface area contributed by atoms with Crippen LogP contribution in [-0.4, -0.2) is 24.7 Å². The Labute approximate surface area is 124 Å². The number of aryl methyl sites for hydroxylation is 1. The van der Waals surface area contributed by atoms with Gasteiger partial charge in [-0.2, -0.15) is 5.26 Å².